The van der Waals surface area contributed by atoms with Crippen molar-refractivity contribution in [3.63, 3.8) is 0 Å². The highest BCUT2D eigenvalue weighted by molar-refractivity contribution is 5.96. The number of carbonyl (C=O) groups is 3. The molecule has 0 saturated carbocycles. The van der Waals surface area contributed by atoms with Crippen LogP contribution in [0.1, 0.15) is 71.7 Å². The lowest BCUT2D eigenvalue weighted by atomic mass is 9.98. The Hall–Kier alpha value is -5.18. The second kappa shape index (κ2) is 13.0. The van der Waals surface area contributed by atoms with Gasteiger partial charge in [0, 0.05) is 18.8 Å². The Balaban J connectivity index is 0.000000309. The van der Waals surface area contributed by atoms with E-state index in [0.29, 0.717) is 24.0 Å². The molecule has 0 spiro atoms. The Kier molecular flexibility index (Phi) is 9.37. The Morgan fingerprint density at radius 3 is 2.59 bits per heavy atom. The Morgan fingerprint density at radius 2 is 1.98 bits per heavy atom. The molecule has 230 valence electrons. The molecule has 1 aromatic carbocycles. The van der Waals surface area contributed by atoms with Gasteiger partial charge in [-0.25, -0.2) is 23.5 Å². The summed E-state index contributed by atoms with van der Waals surface area (Å²) in [4.78, 5) is 43.5. The summed E-state index contributed by atoms with van der Waals surface area (Å²) in [5.41, 5.74) is 6.95. The van der Waals surface area contributed by atoms with Gasteiger partial charge in [-0.3, -0.25) is 9.78 Å². The first kappa shape index (κ1) is 31.7. The molecule has 11 nitrogen and oxygen atoms in total. The van der Waals surface area contributed by atoms with E-state index < -0.39 is 41.2 Å². The molecule has 5 rings (SSSR count). The van der Waals surface area contributed by atoms with Crippen molar-refractivity contribution < 1.29 is 41.8 Å². The molecule has 0 saturated heterocycles. The summed E-state index contributed by atoms with van der Waals surface area (Å²) in [5, 5.41) is 15.9. The van der Waals surface area contributed by atoms with E-state index in [0.717, 1.165) is 45.7 Å². The van der Waals surface area contributed by atoms with Crippen LogP contribution >= 0.6 is 0 Å². The molecule has 3 heterocycles. The summed E-state index contributed by atoms with van der Waals surface area (Å²) in [5.74, 6) is -3.29. The monoisotopic (exact) mass is 614 g/mol. The van der Waals surface area contributed by atoms with Gasteiger partial charge in [-0.05, 0) is 54.2 Å². The normalized spacial score (nSPS) is 13.9. The molecule has 4 N–H and O–H groups in total. The van der Waals surface area contributed by atoms with Crippen LogP contribution in [0.2, 0.25) is 0 Å². The van der Waals surface area contributed by atoms with Gasteiger partial charge in [0.1, 0.15) is 18.0 Å². The summed E-state index contributed by atoms with van der Waals surface area (Å²) < 4.78 is 55.8. The molecule has 4 aromatic rings. The number of nitrogens with zero attached hydrogens (tertiary/aromatic N) is 4. The first-order chi connectivity index (χ1) is 20.8. The van der Waals surface area contributed by atoms with Gasteiger partial charge in [0.2, 0.25) is 0 Å². The molecule has 1 aliphatic rings. The van der Waals surface area contributed by atoms with Crippen molar-refractivity contribution in [2.75, 3.05) is 6.61 Å². The molecule has 15 heteroatoms. The number of hydrogen-bond acceptors (Lipinski definition) is 8. The van der Waals surface area contributed by atoms with Gasteiger partial charge < -0.3 is 20.9 Å². The fourth-order valence-corrected chi connectivity index (χ4v) is 4.62. The highest BCUT2D eigenvalue weighted by Gasteiger charge is 2.32. The average Bonchev–Trinajstić information content (AvgIpc) is 3.59. The van der Waals surface area contributed by atoms with E-state index in [-0.39, 0.29) is 30.5 Å². The maximum atomic E-state index is 13.9. The summed E-state index contributed by atoms with van der Waals surface area (Å²) >= 11 is 0. The number of halogens is 4. The summed E-state index contributed by atoms with van der Waals surface area (Å²) in [7, 11) is 0. The molecule has 1 atom stereocenters. The third kappa shape index (κ3) is 6.72. The van der Waals surface area contributed by atoms with Gasteiger partial charge in [0.15, 0.2) is 17.2 Å². The van der Waals surface area contributed by atoms with E-state index in [2.05, 4.69) is 27.0 Å². The van der Waals surface area contributed by atoms with Crippen molar-refractivity contribution in [3.8, 4) is 0 Å². The second-order valence-corrected chi connectivity index (χ2v) is 9.57. The number of ether oxygens (including phenoxy) is 1. The number of carboxylic acids is 1. The predicted octanol–water partition coefficient (Wildman–Crippen LogP) is 4.19. The van der Waals surface area contributed by atoms with Gasteiger partial charge in [0.05, 0.1) is 17.8 Å². The number of carboxylic acid groups (broad SMARTS) is 1. The minimum atomic E-state index is -4.37. The highest BCUT2D eigenvalue weighted by atomic mass is 19.4. The molecule has 0 bridgehead atoms. The first-order valence-corrected chi connectivity index (χ1v) is 13.1. The molecule has 1 aliphatic carbocycles. The van der Waals surface area contributed by atoms with Crippen molar-refractivity contribution >= 4 is 23.5 Å². The van der Waals surface area contributed by atoms with Gasteiger partial charge in [-0.1, -0.05) is 24.8 Å². The summed E-state index contributed by atoms with van der Waals surface area (Å²) in [6.07, 6.45) is 0.336. The molecule has 44 heavy (non-hydrogen) atoms. The minimum Gasteiger partial charge on any atom is -0.477 e. The van der Waals surface area contributed by atoms with E-state index in [1.54, 1.807) is 12.1 Å². The first-order valence-electron chi connectivity index (χ1n) is 13.1. The third-order valence-corrected chi connectivity index (χ3v) is 6.78. The zero-order valence-electron chi connectivity index (χ0n) is 23.2. The number of nitrogens with one attached hydrogen (secondary N) is 1. The smallest absolute Gasteiger partial charge is 0.433 e. The van der Waals surface area contributed by atoms with Crippen LogP contribution in [0, 0.1) is 12.7 Å². The number of nitrogens with two attached hydrogens (primary N) is 1. The van der Waals surface area contributed by atoms with Gasteiger partial charge in [0.25, 0.3) is 5.91 Å². The molecule has 0 unspecified atom stereocenters. The van der Waals surface area contributed by atoms with Crippen molar-refractivity contribution in [2.45, 2.75) is 38.5 Å². The number of pyridine rings is 1. The minimum absolute atomic E-state index is 0.112. The van der Waals surface area contributed by atoms with Crippen LogP contribution in [0.3, 0.4) is 0 Å². The van der Waals surface area contributed by atoms with Crippen molar-refractivity contribution in [2.24, 2.45) is 5.73 Å². The predicted molar refractivity (Wildman–Crippen MR) is 147 cm³/mol. The fraction of sp³-hybridized carbons (Fsp3) is 0.241. The molecular weight excluding hydrogens is 588 g/mol. The fourth-order valence-electron chi connectivity index (χ4n) is 4.62. The number of aromatic nitrogens is 4. The van der Waals surface area contributed by atoms with Crippen LogP contribution in [0.4, 0.5) is 17.6 Å². The number of carbonyl (C=O) groups excluding carboxylic acids is 2. The Morgan fingerprint density at radius 1 is 1.23 bits per heavy atom. The van der Waals surface area contributed by atoms with E-state index in [1.807, 2.05) is 6.92 Å². The van der Waals surface area contributed by atoms with Crippen molar-refractivity contribution in [1.82, 2.24) is 24.9 Å². The standard InChI is InChI=1S/C22H19FN4O5.C7H7F3N2/c1-3-8-32-22(31)13-4-5-14-12(11(13)2)6-7-16(14)26-20(28)18-9-17(21(29)30)25-19-15(23)10-24-27(18)19;8-7(9,10)6-2-1-5(3-11)4-12-6/h3-5,9-10,16H,1,6-8H2,2H3,(H,26,28)(H,29,30);1-2,4H,3,11H2/t16-;/m0./s1. The number of alkyl halides is 3. The van der Waals surface area contributed by atoms with E-state index in [1.165, 1.54) is 12.1 Å². The Bertz CT molecular complexity index is 1740. The maximum absolute atomic E-state index is 13.9. The SMILES string of the molecule is C=CCOC(=O)c1ccc2c(c1C)CC[C@@H]2NC(=O)c1cc(C(=O)O)nc2c(F)cnn12.NCc1ccc(C(F)(F)F)nc1. The number of aromatic carboxylic acids is 1. The van der Waals surface area contributed by atoms with Crippen LogP contribution in [0.15, 0.2) is 55.4 Å². The van der Waals surface area contributed by atoms with E-state index >= 15 is 0 Å². The van der Waals surface area contributed by atoms with Gasteiger partial charge in [-0.2, -0.15) is 18.3 Å². The number of fused-ring (bicyclic) bond motifs is 2. The van der Waals surface area contributed by atoms with Crippen LogP contribution < -0.4 is 11.1 Å². The zero-order chi connectivity index (χ0) is 32.2. The van der Waals surface area contributed by atoms with Crippen LogP contribution in [0.5, 0.6) is 0 Å². The highest BCUT2D eigenvalue weighted by Crippen LogP contribution is 2.35. The lowest BCUT2D eigenvalue weighted by molar-refractivity contribution is -0.141. The number of hydrogen-bond donors (Lipinski definition) is 3. The lowest BCUT2D eigenvalue weighted by Crippen LogP contribution is -2.29. The number of rotatable bonds is 7. The van der Waals surface area contributed by atoms with Gasteiger partial charge >= 0.3 is 18.1 Å². The Labute approximate surface area is 247 Å². The van der Waals surface area contributed by atoms with Crippen LogP contribution in [0.25, 0.3) is 5.65 Å². The molecule has 3 aromatic heterocycles. The van der Waals surface area contributed by atoms with Crippen LogP contribution in [-0.4, -0.2) is 49.1 Å². The van der Waals surface area contributed by atoms with Crippen molar-refractivity contribution in [3.05, 3.63) is 106 Å². The lowest BCUT2D eigenvalue weighted by Gasteiger charge is -2.16. The van der Waals surface area contributed by atoms with E-state index in [9.17, 15) is 37.1 Å². The maximum Gasteiger partial charge on any atom is 0.433 e. The molecule has 1 amide bonds. The number of esters is 1. The van der Waals surface area contributed by atoms with Crippen molar-refractivity contribution in [1.29, 1.82) is 0 Å². The number of amides is 1. The molecule has 0 radical (unpaired) electrons. The average molecular weight is 615 g/mol. The van der Waals surface area contributed by atoms with E-state index in [4.69, 9.17) is 10.5 Å². The quantitative estimate of drug-likeness (QED) is 0.157. The largest absolute Gasteiger partial charge is 0.477 e. The van der Waals surface area contributed by atoms with Crippen LogP contribution in [-0.2, 0) is 23.9 Å². The van der Waals surface area contributed by atoms with Gasteiger partial charge in [-0.15, -0.1) is 0 Å². The zero-order valence-corrected chi connectivity index (χ0v) is 23.2. The molecular formula is C29H26F4N6O5. The topological polar surface area (TPSA) is 162 Å². The third-order valence-electron chi connectivity index (χ3n) is 6.78. The summed E-state index contributed by atoms with van der Waals surface area (Å²) in [6.45, 7) is 5.66. The summed E-state index contributed by atoms with van der Waals surface area (Å²) in [6, 6.07) is 6.34. The number of benzene rings is 1. The second-order valence-electron chi connectivity index (χ2n) is 9.57. The molecule has 0 aliphatic heterocycles. The molecule has 0 fully saturated rings.